The molecule has 0 saturated carbocycles. The summed E-state index contributed by atoms with van der Waals surface area (Å²) in [5.74, 6) is -1.38. The molecule has 0 spiro atoms. The molecular weight excluding hydrogens is 568 g/mol. The molecule has 41 heavy (non-hydrogen) atoms. The molecule has 10 nitrogen and oxygen atoms in total. The first-order valence-corrected chi connectivity index (χ1v) is 16.0. The molecule has 222 valence electrons. The second kappa shape index (κ2) is 12.2. The minimum absolute atomic E-state index is 0.0478. The molecular formula is C29H37ClN4O6S. The molecule has 2 aromatic rings. The van der Waals surface area contributed by atoms with Gasteiger partial charge in [-0.05, 0) is 87.2 Å². The number of halogens is 1. The van der Waals surface area contributed by atoms with Gasteiger partial charge in [-0.2, -0.15) is 4.31 Å². The molecule has 0 aromatic heterocycles. The van der Waals surface area contributed by atoms with Gasteiger partial charge >= 0.3 is 5.97 Å². The fourth-order valence-corrected chi connectivity index (χ4v) is 8.11. The Morgan fingerprint density at radius 1 is 1.02 bits per heavy atom. The fraction of sp³-hybridized carbons (Fsp3) is 0.552. The van der Waals surface area contributed by atoms with E-state index in [4.69, 9.17) is 16.3 Å². The van der Waals surface area contributed by atoms with Crippen LogP contribution in [0.5, 0.6) is 0 Å². The average molecular weight is 605 g/mol. The van der Waals surface area contributed by atoms with Crippen LogP contribution in [0, 0.1) is 0 Å². The van der Waals surface area contributed by atoms with Gasteiger partial charge < -0.3 is 19.4 Å². The van der Waals surface area contributed by atoms with Crippen molar-refractivity contribution in [3.63, 3.8) is 0 Å². The molecule has 0 radical (unpaired) electrons. The van der Waals surface area contributed by atoms with E-state index in [0.29, 0.717) is 17.0 Å². The van der Waals surface area contributed by atoms with Crippen LogP contribution in [0.15, 0.2) is 41.3 Å². The van der Waals surface area contributed by atoms with Crippen LogP contribution in [0.1, 0.15) is 39.0 Å². The molecule has 0 N–H and O–H groups in total. The monoisotopic (exact) mass is 604 g/mol. The quantitative estimate of drug-likeness (QED) is 0.405. The number of sulfonamides is 1. The fourth-order valence-electron chi connectivity index (χ4n) is 6.34. The predicted octanol–water partition coefficient (Wildman–Crippen LogP) is 2.73. The highest BCUT2D eigenvalue weighted by molar-refractivity contribution is 7.89. The van der Waals surface area contributed by atoms with Gasteiger partial charge in [-0.1, -0.05) is 23.7 Å². The second-order valence-electron chi connectivity index (χ2n) is 11.1. The maximum atomic E-state index is 13.9. The van der Waals surface area contributed by atoms with Gasteiger partial charge in [-0.3, -0.25) is 14.4 Å². The number of likely N-dealkylation sites (tertiary alicyclic amines) is 3. The SMILES string of the molecule is COC(=O)CN(C1CCN(C(C)C(=O)N2CCCC2CN2CCCC2)C1=O)S(=O)(=O)c1ccc2cc(Cl)ccc2c1. The van der Waals surface area contributed by atoms with Crippen molar-refractivity contribution in [3.8, 4) is 0 Å². The number of benzene rings is 2. The van der Waals surface area contributed by atoms with Crippen LogP contribution in [0.4, 0.5) is 0 Å². The Hall–Kier alpha value is -2.73. The second-order valence-corrected chi connectivity index (χ2v) is 13.5. The molecule has 0 bridgehead atoms. The van der Waals surface area contributed by atoms with E-state index in [1.165, 1.54) is 37.0 Å². The van der Waals surface area contributed by atoms with E-state index in [0.717, 1.165) is 42.2 Å². The van der Waals surface area contributed by atoms with Crippen molar-refractivity contribution in [1.29, 1.82) is 0 Å². The Labute approximate surface area is 246 Å². The lowest BCUT2D eigenvalue weighted by Gasteiger charge is -2.33. The number of fused-ring (bicyclic) bond motifs is 1. The number of methoxy groups -OCH3 is 1. The van der Waals surface area contributed by atoms with E-state index >= 15 is 0 Å². The van der Waals surface area contributed by atoms with Crippen LogP contribution in [0.25, 0.3) is 10.8 Å². The molecule has 0 aliphatic carbocycles. The van der Waals surface area contributed by atoms with E-state index in [1.807, 2.05) is 4.90 Å². The van der Waals surface area contributed by atoms with Gasteiger partial charge in [0.1, 0.15) is 18.6 Å². The number of rotatable bonds is 9. The van der Waals surface area contributed by atoms with Crippen molar-refractivity contribution in [3.05, 3.63) is 41.4 Å². The summed E-state index contributed by atoms with van der Waals surface area (Å²) < 4.78 is 33.5. The van der Waals surface area contributed by atoms with Crippen LogP contribution >= 0.6 is 11.6 Å². The Morgan fingerprint density at radius 3 is 2.46 bits per heavy atom. The normalized spacial score (nSPS) is 22.7. The molecule has 3 heterocycles. The number of ether oxygens (including phenoxy) is 1. The first-order chi connectivity index (χ1) is 19.6. The first-order valence-electron chi connectivity index (χ1n) is 14.2. The third-order valence-corrected chi connectivity index (χ3v) is 10.7. The molecule has 3 saturated heterocycles. The van der Waals surface area contributed by atoms with Gasteiger partial charge in [0.25, 0.3) is 0 Å². The number of esters is 1. The summed E-state index contributed by atoms with van der Waals surface area (Å²) in [5, 5.41) is 1.94. The number of hydrogen-bond acceptors (Lipinski definition) is 7. The molecule has 3 fully saturated rings. The summed E-state index contributed by atoms with van der Waals surface area (Å²) in [6.45, 7) is 4.91. The van der Waals surface area contributed by atoms with Crippen LogP contribution in [0.3, 0.4) is 0 Å². The van der Waals surface area contributed by atoms with E-state index in [1.54, 1.807) is 31.2 Å². The van der Waals surface area contributed by atoms with E-state index in [-0.39, 0.29) is 29.8 Å². The maximum Gasteiger partial charge on any atom is 0.321 e. The zero-order valence-electron chi connectivity index (χ0n) is 23.5. The third kappa shape index (κ3) is 6.09. The smallest absolute Gasteiger partial charge is 0.321 e. The van der Waals surface area contributed by atoms with Gasteiger partial charge in [0.2, 0.25) is 21.8 Å². The molecule has 3 atom stereocenters. The van der Waals surface area contributed by atoms with E-state index in [9.17, 15) is 22.8 Å². The predicted molar refractivity (Wildman–Crippen MR) is 155 cm³/mol. The van der Waals surface area contributed by atoms with Crippen molar-refractivity contribution in [2.45, 2.75) is 62.0 Å². The lowest BCUT2D eigenvalue weighted by molar-refractivity contribution is -0.146. The summed E-state index contributed by atoms with van der Waals surface area (Å²) in [7, 11) is -3.11. The number of carbonyl (C=O) groups excluding carboxylic acids is 3. The summed E-state index contributed by atoms with van der Waals surface area (Å²) in [4.78, 5) is 45.4. The summed E-state index contributed by atoms with van der Waals surface area (Å²) in [6.07, 6.45) is 4.39. The number of hydrogen-bond donors (Lipinski definition) is 0. The standard InChI is InChI=1S/C29H37ClN4O6S/c1-20(28(36)33-14-5-6-24(33)18-31-12-3-4-13-31)32-15-11-26(29(32)37)34(19-27(35)40-2)41(38,39)25-10-8-21-16-23(30)9-7-22(21)17-25/h7-10,16-17,20,24,26H,3-6,11-15,18-19H2,1-2H3. The maximum absolute atomic E-state index is 13.9. The highest BCUT2D eigenvalue weighted by Gasteiger charge is 2.46. The van der Waals surface area contributed by atoms with Crippen molar-refractivity contribution < 1.29 is 27.5 Å². The van der Waals surface area contributed by atoms with Crippen LogP contribution in [-0.2, 0) is 29.1 Å². The first kappa shape index (κ1) is 29.8. The molecule has 3 aliphatic rings. The van der Waals surface area contributed by atoms with Crippen molar-refractivity contribution in [2.75, 3.05) is 46.4 Å². The molecule has 2 aromatic carbocycles. The third-order valence-electron chi connectivity index (χ3n) is 8.60. The number of carbonyl (C=O) groups is 3. The van der Waals surface area contributed by atoms with Crippen molar-refractivity contribution in [1.82, 2.24) is 19.0 Å². The number of nitrogens with zero attached hydrogens (tertiary/aromatic N) is 4. The lowest BCUT2D eigenvalue weighted by atomic mass is 10.1. The van der Waals surface area contributed by atoms with Crippen LogP contribution in [-0.4, -0.2) is 110 Å². The highest BCUT2D eigenvalue weighted by atomic mass is 35.5. The zero-order chi connectivity index (χ0) is 29.3. The Bertz CT molecular complexity index is 1430. The van der Waals surface area contributed by atoms with E-state index < -0.39 is 40.5 Å². The van der Waals surface area contributed by atoms with Crippen LogP contribution < -0.4 is 0 Å². The largest absolute Gasteiger partial charge is 0.468 e. The summed E-state index contributed by atoms with van der Waals surface area (Å²) >= 11 is 6.07. The van der Waals surface area contributed by atoms with Crippen molar-refractivity contribution >= 4 is 50.2 Å². The Kier molecular flexibility index (Phi) is 8.89. The Morgan fingerprint density at radius 2 is 1.73 bits per heavy atom. The molecule has 3 aliphatic heterocycles. The summed E-state index contributed by atoms with van der Waals surface area (Å²) in [6, 6.07) is 7.95. The van der Waals surface area contributed by atoms with Crippen LogP contribution in [0.2, 0.25) is 5.02 Å². The van der Waals surface area contributed by atoms with Gasteiger partial charge in [0.05, 0.1) is 12.0 Å². The summed E-state index contributed by atoms with van der Waals surface area (Å²) in [5.41, 5.74) is 0. The minimum Gasteiger partial charge on any atom is -0.468 e. The number of amides is 2. The molecule has 3 unspecified atom stereocenters. The van der Waals surface area contributed by atoms with Gasteiger partial charge in [0, 0.05) is 30.7 Å². The minimum atomic E-state index is -4.28. The van der Waals surface area contributed by atoms with Gasteiger partial charge in [-0.15, -0.1) is 0 Å². The lowest BCUT2D eigenvalue weighted by Crippen LogP contribution is -2.53. The van der Waals surface area contributed by atoms with Gasteiger partial charge in [0.15, 0.2) is 0 Å². The van der Waals surface area contributed by atoms with E-state index in [2.05, 4.69) is 4.90 Å². The average Bonchev–Trinajstić information content (AvgIpc) is 3.72. The van der Waals surface area contributed by atoms with Gasteiger partial charge in [-0.25, -0.2) is 8.42 Å². The van der Waals surface area contributed by atoms with Crippen molar-refractivity contribution in [2.24, 2.45) is 0 Å². The highest BCUT2D eigenvalue weighted by Crippen LogP contribution is 2.30. The molecule has 5 rings (SSSR count). The molecule has 2 amide bonds. The molecule has 12 heteroatoms. The Balaban J connectivity index is 1.36. The topological polar surface area (TPSA) is 108 Å². The zero-order valence-corrected chi connectivity index (χ0v) is 25.1.